The minimum atomic E-state index is -0.911. The average Bonchev–Trinajstić information content (AvgIpc) is 2.62. The zero-order chi connectivity index (χ0) is 13.0. The molecule has 0 bridgehead atoms. The van der Waals surface area contributed by atoms with E-state index in [9.17, 15) is 4.79 Å². The molecule has 17 heavy (non-hydrogen) atoms. The normalized spacial score (nSPS) is 11.4. The lowest BCUT2D eigenvalue weighted by atomic mass is 10.1. The lowest BCUT2D eigenvalue weighted by Crippen LogP contribution is -2.31. The van der Waals surface area contributed by atoms with E-state index in [1.807, 2.05) is 7.05 Å². The molecule has 0 amide bonds. The lowest BCUT2D eigenvalue weighted by molar-refractivity contribution is 0.0693. The molecule has 1 N–H and O–H groups in total. The van der Waals surface area contributed by atoms with Crippen molar-refractivity contribution in [3.8, 4) is 0 Å². The van der Waals surface area contributed by atoms with Crippen molar-refractivity contribution in [1.82, 2.24) is 14.7 Å². The summed E-state index contributed by atoms with van der Waals surface area (Å²) < 4.78 is 1.64. The molecule has 0 aliphatic carbocycles. The van der Waals surface area contributed by atoms with Gasteiger partial charge in [0.2, 0.25) is 0 Å². The van der Waals surface area contributed by atoms with Gasteiger partial charge in [-0.3, -0.25) is 9.58 Å². The molecule has 0 unspecified atom stereocenters. The Kier molecular flexibility index (Phi) is 4.69. The Morgan fingerprint density at radius 3 is 2.59 bits per heavy atom. The second-order valence-corrected chi connectivity index (χ2v) is 4.32. The molecule has 5 heteroatoms. The SMILES string of the molecule is CCC(CC)N(C)Cc1c(C(=O)O)cnn1C. The fourth-order valence-corrected chi connectivity index (χ4v) is 2.11. The number of aryl methyl sites for hydroxylation is 1. The highest BCUT2D eigenvalue weighted by Crippen LogP contribution is 2.14. The summed E-state index contributed by atoms with van der Waals surface area (Å²) in [5.74, 6) is -0.911. The zero-order valence-electron chi connectivity index (χ0n) is 11.0. The third kappa shape index (κ3) is 3.06. The summed E-state index contributed by atoms with van der Waals surface area (Å²) in [6, 6.07) is 0.478. The maximum atomic E-state index is 11.1. The number of aromatic nitrogens is 2. The van der Waals surface area contributed by atoms with Crippen molar-refractivity contribution in [2.45, 2.75) is 39.3 Å². The molecule has 0 radical (unpaired) electrons. The van der Waals surface area contributed by atoms with E-state index in [0.29, 0.717) is 18.2 Å². The van der Waals surface area contributed by atoms with Crippen LogP contribution in [0.4, 0.5) is 0 Å². The number of nitrogens with zero attached hydrogens (tertiary/aromatic N) is 3. The molecule has 0 aromatic carbocycles. The molecular weight excluding hydrogens is 218 g/mol. The summed E-state index contributed by atoms with van der Waals surface area (Å²) in [7, 11) is 3.80. The van der Waals surface area contributed by atoms with Crippen LogP contribution in [0.1, 0.15) is 42.7 Å². The quantitative estimate of drug-likeness (QED) is 0.821. The number of carbonyl (C=O) groups is 1. The van der Waals surface area contributed by atoms with Crippen LogP contribution >= 0.6 is 0 Å². The Labute approximate surface area is 102 Å². The predicted octanol–water partition coefficient (Wildman–Crippen LogP) is 1.74. The fourth-order valence-electron chi connectivity index (χ4n) is 2.11. The molecule has 0 saturated carbocycles. The first kappa shape index (κ1) is 13.7. The zero-order valence-corrected chi connectivity index (χ0v) is 11.0. The Balaban J connectivity index is 2.87. The summed E-state index contributed by atoms with van der Waals surface area (Å²) >= 11 is 0. The molecule has 0 spiro atoms. The molecule has 1 rings (SSSR count). The van der Waals surface area contributed by atoms with Crippen LogP contribution in [0.3, 0.4) is 0 Å². The molecule has 0 atom stereocenters. The van der Waals surface area contributed by atoms with Crippen LogP contribution in [-0.2, 0) is 13.6 Å². The monoisotopic (exact) mass is 239 g/mol. The Morgan fingerprint density at radius 1 is 1.53 bits per heavy atom. The molecule has 0 aliphatic rings. The molecule has 0 saturated heterocycles. The minimum absolute atomic E-state index is 0.297. The van der Waals surface area contributed by atoms with Gasteiger partial charge in [0.25, 0.3) is 0 Å². The molecule has 1 aromatic heterocycles. The van der Waals surface area contributed by atoms with Gasteiger partial charge in [-0.05, 0) is 19.9 Å². The first-order valence-corrected chi connectivity index (χ1v) is 5.95. The highest BCUT2D eigenvalue weighted by Gasteiger charge is 2.19. The van der Waals surface area contributed by atoms with Gasteiger partial charge in [0.15, 0.2) is 0 Å². The Hall–Kier alpha value is -1.36. The molecule has 0 aliphatic heterocycles. The fraction of sp³-hybridized carbons (Fsp3) is 0.667. The van der Waals surface area contributed by atoms with Crippen LogP contribution in [0.15, 0.2) is 6.20 Å². The van der Waals surface area contributed by atoms with Crippen LogP contribution in [0, 0.1) is 0 Å². The second kappa shape index (κ2) is 5.82. The summed E-state index contributed by atoms with van der Waals surface area (Å²) in [5, 5.41) is 13.1. The van der Waals surface area contributed by atoms with E-state index in [1.165, 1.54) is 6.20 Å². The number of hydrogen-bond acceptors (Lipinski definition) is 3. The molecule has 5 nitrogen and oxygen atoms in total. The van der Waals surface area contributed by atoms with Gasteiger partial charge < -0.3 is 5.11 Å². The van der Waals surface area contributed by atoms with Gasteiger partial charge >= 0.3 is 5.97 Å². The van der Waals surface area contributed by atoms with Crippen LogP contribution < -0.4 is 0 Å². The highest BCUT2D eigenvalue weighted by atomic mass is 16.4. The van der Waals surface area contributed by atoms with Crippen molar-refractivity contribution in [2.24, 2.45) is 7.05 Å². The Morgan fingerprint density at radius 2 is 2.12 bits per heavy atom. The predicted molar refractivity (Wildman–Crippen MR) is 66.0 cm³/mol. The van der Waals surface area contributed by atoms with Crippen LogP contribution in [0.2, 0.25) is 0 Å². The van der Waals surface area contributed by atoms with Crippen molar-refractivity contribution in [2.75, 3.05) is 7.05 Å². The number of aromatic carboxylic acids is 1. The number of rotatable bonds is 6. The summed E-state index contributed by atoms with van der Waals surface area (Å²) in [6.07, 6.45) is 3.54. The van der Waals surface area contributed by atoms with E-state index < -0.39 is 5.97 Å². The second-order valence-electron chi connectivity index (χ2n) is 4.32. The number of hydrogen-bond donors (Lipinski definition) is 1. The van der Waals surface area contributed by atoms with E-state index in [0.717, 1.165) is 18.5 Å². The Bertz CT molecular complexity index is 383. The van der Waals surface area contributed by atoms with Crippen molar-refractivity contribution in [3.05, 3.63) is 17.5 Å². The van der Waals surface area contributed by atoms with Gasteiger partial charge in [-0.15, -0.1) is 0 Å². The van der Waals surface area contributed by atoms with Gasteiger partial charge in [0, 0.05) is 19.6 Å². The number of carboxylic acid groups (broad SMARTS) is 1. The smallest absolute Gasteiger partial charge is 0.339 e. The van der Waals surface area contributed by atoms with Gasteiger partial charge in [-0.25, -0.2) is 4.79 Å². The first-order chi connectivity index (χ1) is 8.01. The van der Waals surface area contributed by atoms with Crippen LogP contribution in [-0.4, -0.2) is 38.8 Å². The van der Waals surface area contributed by atoms with Crippen LogP contribution in [0.25, 0.3) is 0 Å². The topological polar surface area (TPSA) is 58.4 Å². The maximum Gasteiger partial charge on any atom is 0.339 e. The third-order valence-corrected chi connectivity index (χ3v) is 3.26. The molecule has 96 valence electrons. The summed E-state index contributed by atoms with van der Waals surface area (Å²) in [5.41, 5.74) is 1.05. The van der Waals surface area contributed by atoms with E-state index in [4.69, 9.17) is 5.11 Å². The van der Waals surface area contributed by atoms with Crippen molar-refractivity contribution in [1.29, 1.82) is 0 Å². The van der Waals surface area contributed by atoms with E-state index in [-0.39, 0.29) is 0 Å². The standard InChI is InChI=1S/C12H21N3O2/c1-5-9(6-2)14(3)8-11-10(12(16)17)7-13-15(11)4/h7,9H,5-6,8H2,1-4H3,(H,16,17). The average molecular weight is 239 g/mol. The van der Waals surface area contributed by atoms with E-state index in [1.54, 1.807) is 11.7 Å². The van der Waals surface area contributed by atoms with Gasteiger partial charge in [-0.1, -0.05) is 13.8 Å². The van der Waals surface area contributed by atoms with Crippen molar-refractivity contribution < 1.29 is 9.90 Å². The summed E-state index contributed by atoms with van der Waals surface area (Å²) in [4.78, 5) is 13.2. The highest BCUT2D eigenvalue weighted by molar-refractivity contribution is 5.88. The summed E-state index contributed by atoms with van der Waals surface area (Å²) in [6.45, 7) is 4.91. The van der Waals surface area contributed by atoms with Gasteiger partial charge in [-0.2, -0.15) is 5.10 Å². The van der Waals surface area contributed by atoms with E-state index in [2.05, 4.69) is 23.8 Å². The minimum Gasteiger partial charge on any atom is -0.478 e. The maximum absolute atomic E-state index is 11.1. The lowest BCUT2D eigenvalue weighted by Gasteiger charge is -2.26. The first-order valence-electron chi connectivity index (χ1n) is 5.95. The van der Waals surface area contributed by atoms with Gasteiger partial charge in [0.1, 0.15) is 5.56 Å². The van der Waals surface area contributed by atoms with Crippen molar-refractivity contribution >= 4 is 5.97 Å². The van der Waals surface area contributed by atoms with Crippen molar-refractivity contribution in [3.63, 3.8) is 0 Å². The number of carboxylic acids is 1. The molecule has 1 heterocycles. The van der Waals surface area contributed by atoms with E-state index >= 15 is 0 Å². The third-order valence-electron chi connectivity index (χ3n) is 3.26. The molecular formula is C12H21N3O2. The van der Waals surface area contributed by atoms with Crippen LogP contribution in [0.5, 0.6) is 0 Å². The molecule has 1 aromatic rings. The largest absolute Gasteiger partial charge is 0.478 e. The molecule has 0 fully saturated rings. The van der Waals surface area contributed by atoms with Gasteiger partial charge in [0.05, 0.1) is 11.9 Å².